The van der Waals surface area contributed by atoms with Crippen LogP contribution in [-0.2, 0) is 32.7 Å². The Hall–Kier alpha value is -2.82. The SMILES string of the molecule is CC(=O)N1CC[C@@H]2CC[C@H](CN(C(=O)CNS(C)(=O)=O)Cc3ccccc31)N2Cc1ccccn1. The summed E-state index contributed by atoms with van der Waals surface area (Å²) in [6.45, 7) is 3.29. The van der Waals surface area contributed by atoms with Gasteiger partial charge in [-0.3, -0.25) is 19.5 Å². The molecule has 1 fully saturated rings. The Morgan fingerprint density at radius 3 is 2.51 bits per heavy atom. The quantitative estimate of drug-likeness (QED) is 0.673. The van der Waals surface area contributed by atoms with E-state index in [9.17, 15) is 18.0 Å². The minimum atomic E-state index is -3.50. The molecule has 2 amide bonds. The maximum atomic E-state index is 13.2. The summed E-state index contributed by atoms with van der Waals surface area (Å²) in [6.07, 6.45) is 5.53. The summed E-state index contributed by atoms with van der Waals surface area (Å²) in [5.41, 5.74) is 2.62. The van der Waals surface area contributed by atoms with E-state index in [-0.39, 0.29) is 30.4 Å². The largest absolute Gasteiger partial charge is 0.336 e. The van der Waals surface area contributed by atoms with Crippen LogP contribution >= 0.6 is 0 Å². The van der Waals surface area contributed by atoms with Crippen molar-refractivity contribution in [2.24, 2.45) is 0 Å². The number of hydrogen-bond acceptors (Lipinski definition) is 6. The number of anilines is 1. The summed E-state index contributed by atoms with van der Waals surface area (Å²) >= 11 is 0. The number of hydrogen-bond donors (Lipinski definition) is 1. The highest BCUT2D eigenvalue weighted by atomic mass is 32.2. The molecule has 3 heterocycles. The van der Waals surface area contributed by atoms with Gasteiger partial charge in [-0.25, -0.2) is 13.1 Å². The number of para-hydroxylation sites is 1. The maximum absolute atomic E-state index is 13.2. The number of carbonyl (C=O) groups is 2. The van der Waals surface area contributed by atoms with Crippen molar-refractivity contribution in [3.8, 4) is 0 Å². The number of sulfonamides is 1. The van der Waals surface area contributed by atoms with Crippen LogP contribution in [0.3, 0.4) is 0 Å². The van der Waals surface area contributed by atoms with Crippen LogP contribution < -0.4 is 9.62 Å². The second kappa shape index (κ2) is 10.8. The Morgan fingerprint density at radius 2 is 1.80 bits per heavy atom. The molecule has 1 aromatic carbocycles. The lowest BCUT2D eigenvalue weighted by Crippen LogP contribution is -2.47. The summed E-state index contributed by atoms with van der Waals surface area (Å²) in [5, 5.41) is 0. The van der Waals surface area contributed by atoms with Crippen LogP contribution in [0.2, 0.25) is 0 Å². The molecule has 2 bridgehead atoms. The molecule has 0 radical (unpaired) electrons. The Labute approximate surface area is 207 Å². The van der Waals surface area contributed by atoms with E-state index in [1.165, 1.54) is 0 Å². The Kier molecular flexibility index (Phi) is 7.83. The van der Waals surface area contributed by atoms with Gasteiger partial charge in [0.2, 0.25) is 21.8 Å². The predicted molar refractivity (Wildman–Crippen MR) is 134 cm³/mol. The van der Waals surface area contributed by atoms with Crippen LogP contribution in [-0.4, -0.2) is 73.0 Å². The second-order valence-corrected chi connectivity index (χ2v) is 11.2. The summed E-state index contributed by atoms with van der Waals surface area (Å²) < 4.78 is 25.6. The van der Waals surface area contributed by atoms with Gasteiger partial charge in [-0.2, -0.15) is 0 Å². The van der Waals surface area contributed by atoms with E-state index in [1.54, 1.807) is 22.9 Å². The predicted octanol–water partition coefficient (Wildman–Crippen LogP) is 1.75. The van der Waals surface area contributed by atoms with E-state index in [0.717, 1.165) is 42.5 Å². The highest BCUT2D eigenvalue weighted by Gasteiger charge is 2.36. The molecule has 2 aromatic rings. The number of benzene rings is 1. The fraction of sp³-hybridized carbons (Fsp3) is 0.480. The van der Waals surface area contributed by atoms with Crippen LogP contribution in [0.15, 0.2) is 48.7 Å². The van der Waals surface area contributed by atoms with Crippen LogP contribution in [0, 0.1) is 0 Å². The molecule has 1 saturated heterocycles. The van der Waals surface area contributed by atoms with Gasteiger partial charge in [0, 0.05) is 57.1 Å². The van der Waals surface area contributed by atoms with Crippen molar-refractivity contribution >= 4 is 27.5 Å². The zero-order valence-corrected chi connectivity index (χ0v) is 21.1. The molecule has 1 aromatic heterocycles. The summed E-state index contributed by atoms with van der Waals surface area (Å²) in [4.78, 5) is 36.3. The first-order valence-electron chi connectivity index (χ1n) is 12.0. The van der Waals surface area contributed by atoms with Crippen molar-refractivity contribution in [3.05, 3.63) is 59.9 Å². The van der Waals surface area contributed by atoms with Crippen LogP contribution in [0.4, 0.5) is 5.69 Å². The number of fused-ring (bicyclic) bond motifs is 3. The van der Waals surface area contributed by atoms with Crippen LogP contribution in [0.5, 0.6) is 0 Å². The average molecular weight is 500 g/mol. The fourth-order valence-electron chi connectivity index (χ4n) is 5.11. The number of aromatic nitrogens is 1. The summed E-state index contributed by atoms with van der Waals surface area (Å²) in [5.74, 6) is -0.334. The van der Waals surface area contributed by atoms with E-state index in [1.807, 2.05) is 42.5 Å². The van der Waals surface area contributed by atoms with Gasteiger partial charge in [0.05, 0.1) is 18.5 Å². The third-order valence-electron chi connectivity index (χ3n) is 6.82. The Balaban J connectivity index is 1.69. The molecule has 10 heteroatoms. The maximum Gasteiger partial charge on any atom is 0.237 e. The van der Waals surface area contributed by atoms with Crippen molar-refractivity contribution in [3.63, 3.8) is 0 Å². The first kappa shape index (κ1) is 25.3. The van der Waals surface area contributed by atoms with Crippen molar-refractivity contribution < 1.29 is 18.0 Å². The average Bonchev–Trinajstić information content (AvgIpc) is 3.17. The van der Waals surface area contributed by atoms with Gasteiger partial charge in [0.25, 0.3) is 0 Å². The zero-order valence-electron chi connectivity index (χ0n) is 20.3. The topological polar surface area (TPSA) is 103 Å². The molecule has 9 nitrogen and oxygen atoms in total. The third kappa shape index (κ3) is 6.45. The molecule has 188 valence electrons. The van der Waals surface area contributed by atoms with E-state index >= 15 is 0 Å². The number of nitrogens with one attached hydrogen (secondary N) is 1. The smallest absolute Gasteiger partial charge is 0.237 e. The molecule has 2 aliphatic heterocycles. The Morgan fingerprint density at radius 1 is 1.06 bits per heavy atom. The molecule has 0 saturated carbocycles. The molecule has 0 spiro atoms. The van der Waals surface area contributed by atoms with E-state index in [2.05, 4.69) is 14.6 Å². The van der Waals surface area contributed by atoms with Gasteiger partial charge in [-0.1, -0.05) is 24.3 Å². The van der Waals surface area contributed by atoms with Crippen molar-refractivity contribution in [2.75, 3.05) is 30.8 Å². The molecule has 0 unspecified atom stereocenters. The van der Waals surface area contributed by atoms with Gasteiger partial charge in [-0.15, -0.1) is 0 Å². The highest BCUT2D eigenvalue weighted by molar-refractivity contribution is 7.88. The van der Waals surface area contributed by atoms with Crippen LogP contribution in [0.25, 0.3) is 0 Å². The molecule has 1 N–H and O–H groups in total. The van der Waals surface area contributed by atoms with E-state index < -0.39 is 10.0 Å². The normalized spacial score (nSPS) is 21.3. The van der Waals surface area contributed by atoms with Crippen molar-refractivity contribution in [1.82, 2.24) is 19.5 Å². The van der Waals surface area contributed by atoms with Crippen LogP contribution in [0.1, 0.15) is 37.4 Å². The highest BCUT2D eigenvalue weighted by Crippen LogP contribution is 2.32. The molecular formula is C25H33N5O4S. The van der Waals surface area contributed by atoms with Gasteiger partial charge >= 0.3 is 0 Å². The number of rotatable bonds is 5. The van der Waals surface area contributed by atoms with Gasteiger partial charge in [0.15, 0.2) is 0 Å². The fourth-order valence-corrected chi connectivity index (χ4v) is 5.50. The Bertz CT molecular complexity index is 1160. The monoisotopic (exact) mass is 499 g/mol. The number of nitrogens with zero attached hydrogens (tertiary/aromatic N) is 4. The second-order valence-electron chi connectivity index (χ2n) is 9.33. The number of carbonyl (C=O) groups excluding carboxylic acids is 2. The zero-order chi connectivity index (χ0) is 25.0. The molecule has 0 aliphatic carbocycles. The van der Waals surface area contributed by atoms with Gasteiger partial charge in [-0.05, 0) is 43.0 Å². The standard InChI is InChI=1S/C25H33N5O4S/c1-19(31)29-14-12-22-10-11-23(30(22)17-21-8-5-6-13-26-21)18-28(25(32)15-27-35(2,33)34)16-20-7-3-4-9-24(20)29/h3-9,13,22-23,27H,10-12,14-18H2,1-2H3/t22-,23+/m0/s1. The van der Waals surface area contributed by atoms with E-state index in [4.69, 9.17) is 0 Å². The molecular weight excluding hydrogens is 466 g/mol. The third-order valence-corrected chi connectivity index (χ3v) is 7.49. The minimum absolute atomic E-state index is 0.0425. The van der Waals surface area contributed by atoms with E-state index in [0.29, 0.717) is 26.2 Å². The lowest BCUT2D eigenvalue weighted by molar-refractivity contribution is -0.131. The molecule has 2 atom stereocenters. The molecule has 35 heavy (non-hydrogen) atoms. The first-order chi connectivity index (χ1) is 16.7. The first-order valence-corrected chi connectivity index (χ1v) is 13.8. The lowest BCUT2D eigenvalue weighted by Gasteiger charge is -2.33. The number of amides is 2. The van der Waals surface area contributed by atoms with Crippen molar-refractivity contribution in [2.45, 2.75) is 51.4 Å². The van der Waals surface area contributed by atoms with Gasteiger partial charge < -0.3 is 9.80 Å². The lowest BCUT2D eigenvalue weighted by atomic mass is 10.1. The van der Waals surface area contributed by atoms with Gasteiger partial charge in [0.1, 0.15) is 0 Å². The molecule has 2 aliphatic rings. The van der Waals surface area contributed by atoms with Crippen molar-refractivity contribution in [1.29, 1.82) is 0 Å². The molecule has 4 rings (SSSR count). The summed E-state index contributed by atoms with van der Waals surface area (Å²) in [6, 6.07) is 13.9. The summed E-state index contributed by atoms with van der Waals surface area (Å²) in [7, 11) is -3.50. The number of pyridine rings is 1. The minimum Gasteiger partial charge on any atom is -0.336 e.